The molecular formula is C4H4F2O7S2. The maximum Gasteiger partial charge on any atom is 0.406 e. The predicted molar refractivity (Wildman–Crippen MR) is 41.0 cm³/mol. The molecule has 4 atom stereocenters. The van der Waals surface area contributed by atoms with Crippen LogP contribution >= 0.6 is 0 Å². The molecule has 2 aliphatic heterocycles. The fourth-order valence-corrected chi connectivity index (χ4v) is 2.97. The molecule has 0 N–H and O–H groups in total. The lowest BCUT2D eigenvalue weighted by atomic mass is 10.3. The highest BCUT2D eigenvalue weighted by Gasteiger charge is 2.68. The lowest BCUT2D eigenvalue weighted by Gasteiger charge is -2.17. The highest BCUT2D eigenvalue weighted by atomic mass is 32.3. The van der Waals surface area contributed by atoms with Gasteiger partial charge in [-0.1, -0.05) is 0 Å². The first-order valence-corrected chi connectivity index (χ1v) is 6.26. The second kappa shape index (κ2) is 2.87. The fourth-order valence-electron chi connectivity index (χ4n) is 1.03. The van der Waals surface area contributed by atoms with Crippen LogP contribution in [0.25, 0.3) is 0 Å². The zero-order valence-electron chi connectivity index (χ0n) is 6.79. The molecule has 2 aliphatic rings. The highest BCUT2D eigenvalue weighted by Crippen LogP contribution is 2.44. The van der Waals surface area contributed by atoms with Gasteiger partial charge in [0.25, 0.3) is 12.7 Å². The van der Waals surface area contributed by atoms with Crippen molar-refractivity contribution in [3.63, 3.8) is 0 Å². The van der Waals surface area contributed by atoms with Gasteiger partial charge >= 0.3 is 16.2 Å². The van der Waals surface area contributed by atoms with E-state index in [0.29, 0.717) is 0 Å². The van der Waals surface area contributed by atoms with Crippen LogP contribution in [0.1, 0.15) is 0 Å². The van der Waals surface area contributed by atoms with Crippen LogP contribution in [0.2, 0.25) is 0 Å². The Kier molecular flexibility index (Phi) is 2.13. The van der Waals surface area contributed by atoms with E-state index in [0.717, 1.165) is 0 Å². The third kappa shape index (κ3) is 1.64. The second-order valence-corrected chi connectivity index (χ2v) is 5.33. The molecule has 0 radical (unpaired) electrons. The lowest BCUT2D eigenvalue weighted by Crippen LogP contribution is -2.44. The minimum absolute atomic E-state index is 2.73. The lowest BCUT2D eigenvalue weighted by molar-refractivity contribution is -0.219. The summed E-state index contributed by atoms with van der Waals surface area (Å²) in [7, 11) is -8.60. The molecule has 88 valence electrons. The Balaban J connectivity index is 2.45. The molecule has 15 heavy (non-hydrogen) atoms. The van der Waals surface area contributed by atoms with Crippen molar-refractivity contribution in [2.45, 2.75) is 18.5 Å². The number of alkyl halides is 2. The van der Waals surface area contributed by atoms with Gasteiger partial charge < -0.3 is 0 Å². The van der Waals surface area contributed by atoms with Crippen LogP contribution in [0.15, 0.2) is 0 Å². The van der Waals surface area contributed by atoms with Crippen LogP contribution < -0.4 is 0 Å². The SMILES string of the molecule is C=S1(=O)OC(F)C2(O1)OS(=O)(=O)OC2F. The fraction of sp³-hybridized carbons (Fsp3) is 0.750. The van der Waals surface area contributed by atoms with Gasteiger partial charge in [-0.15, -0.1) is 0 Å². The van der Waals surface area contributed by atoms with E-state index >= 15 is 0 Å². The molecule has 0 aromatic rings. The zero-order valence-corrected chi connectivity index (χ0v) is 8.42. The Bertz CT molecular complexity index is 435. The van der Waals surface area contributed by atoms with Crippen molar-refractivity contribution in [3.05, 3.63) is 0 Å². The number of rotatable bonds is 0. The summed E-state index contributed by atoms with van der Waals surface area (Å²) in [6.07, 6.45) is -5.54. The van der Waals surface area contributed by atoms with Crippen molar-refractivity contribution in [3.8, 4) is 0 Å². The molecule has 0 amide bonds. The molecule has 0 bridgehead atoms. The predicted octanol–water partition coefficient (Wildman–Crippen LogP) is -0.841. The molecule has 4 unspecified atom stereocenters. The third-order valence-electron chi connectivity index (χ3n) is 1.56. The summed E-state index contributed by atoms with van der Waals surface area (Å²) >= 11 is 0. The van der Waals surface area contributed by atoms with Gasteiger partial charge in [0.15, 0.2) is 0 Å². The average molecular weight is 266 g/mol. The van der Waals surface area contributed by atoms with Crippen molar-refractivity contribution in [2.75, 3.05) is 0 Å². The van der Waals surface area contributed by atoms with Gasteiger partial charge in [-0.05, 0) is 0 Å². The van der Waals surface area contributed by atoms with Gasteiger partial charge in [-0.2, -0.15) is 12.6 Å². The molecule has 0 aromatic carbocycles. The molecule has 2 rings (SSSR count). The Morgan fingerprint density at radius 2 is 1.60 bits per heavy atom. The first-order chi connectivity index (χ1) is 6.67. The van der Waals surface area contributed by atoms with E-state index in [-0.39, 0.29) is 0 Å². The largest absolute Gasteiger partial charge is 0.406 e. The molecule has 2 saturated heterocycles. The minimum atomic E-state index is -4.74. The summed E-state index contributed by atoms with van der Waals surface area (Å²) in [5.74, 6) is -0.263. The van der Waals surface area contributed by atoms with Gasteiger partial charge in [0, 0.05) is 5.87 Å². The van der Waals surface area contributed by atoms with E-state index in [1.807, 2.05) is 0 Å². The van der Waals surface area contributed by atoms with Gasteiger partial charge in [-0.3, -0.25) is 0 Å². The summed E-state index contributed by atoms with van der Waals surface area (Å²) in [5.41, 5.74) is 0. The van der Waals surface area contributed by atoms with E-state index in [2.05, 4.69) is 22.6 Å². The molecule has 0 aromatic heterocycles. The molecular weight excluding hydrogens is 262 g/mol. The minimum Gasteiger partial charge on any atom is -0.235 e. The van der Waals surface area contributed by atoms with Crippen LogP contribution in [0, 0.1) is 0 Å². The molecule has 0 aliphatic carbocycles. The van der Waals surface area contributed by atoms with Gasteiger partial charge in [0.2, 0.25) is 10.1 Å². The summed E-state index contributed by atoms with van der Waals surface area (Å²) in [4.78, 5) is 0. The normalized spacial score (nSPS) is 53.7. The van der Waals surface area contributed by atoms with Gasteiger partial charge in [-0.25, -0.2) is 25.5 Å². The Hall–Kier alpha value is -0.330. The summed E-state index contributed by atoms with van der Waals surface area (Å²) in [6.45, 7) is 0. The summed E-state index contributed by atoms with van der Waals surface area (Å²) in [5, 5.41) is 0. The highest BCUT2D eigenvalue weighted by molar-refractivity contribution is 7.91. The average Bonchev–Trinajstić information content (AvgIpc) is 2.31. The first-order valence-electron chi connectivity index (χ1n) is 3.35. The van der Waals surface area contributed by atoms with Crippen LogP contribution in [0.5, 0.6) is 0 Å². The van der Waals surface area contributed by atoms with Gasteiger partial charge in [0.1, 0.15) is 0 Å². The van der Waals surface area contributed by atoms with E-state index in [4.69, 9.17) is 0 Å². The Labute approximate surface area is 83.6 Å². The number of hydrogen-bond acceptors (Lipinski definition) is 7. The van der Waals surface area contributed by atoms with E-state index in [1.165, 1.54) is 0 Å². The molecule has 7 nitrogen and oxygen atoms in total. The van der Waals surface area contributed by atoms with Crippen LogP contribution in [-0.2, 0) is 37.2 Å². The maximum absolute atomic E-state index is 13.1. The van der Waals surface area contributed by atoms with E-state index < -0.39 is 39.0 Å². The van der Waals surface area contributed by atoms with E-state index in [9.17, 15) is 21.4 Å². The first kappa shape index (κ1) is 11.2. The molecule has 1 spiro atoms. The van der Waals surface area contributed by atoms with Crippen molar-refractivity contribution >= 4 is 26.4 Å². The zero-order chi connectivity index (χ0) is 11.5. The molecule has 0 saturated carbocycles. The van der Waals surface area contributed by atoms with Gasteiger partial charge in [0.05, 0.1) is 0 Å². The Morgan fingerprint density at radius 1 is 1.07 bits per heavy atom. The van der Waals surface area contributed by atoms with Crippen molar-refractivity contribution in [2.24, 2.45) is 0 Å². The van der Waals surface area contributed by atoms with Crippen molar-refractivity contribution < 1.29 is 38.1 Å². The van der Waals surface area contributed by atoms with Crippen LogP contribution in [-0.4, -0.2) is 37.0 Å². The van der Waals surface area contributed by atoms with Crippen molar-refractivity contribution in [1.82, 2.24) is 0 Å². The number of halogens is 2. The number of hydrogen-bond donors (Lipinski definition) is 0. The second-order valence-electron chi connectivity index (χ2n) is 2.68. The smallest absolute Gasteiger partial charge is 0.235 e. The van der Waals surface area contributed by atoms with Crippen molar-refractivity contribution in [1.29, 1.82) is 0 Å². The van der Waals surface area contributed by atoms with Crippen LogP contribution in [0.4, 0.5) is 8.78 Å². The quantitative estimate of drug-likeness (QED) is 0.528. The van der Waals surface area contributed by atoms with Crippen LogP contribution in [0.3, 0.4) is 0 Å². The topological polar surface area (TPSA) is 88.1 Å². The summed E-state index contributed by atoms with van der Waals surface area (Å²) in [6, 6.07) is 0. The monoisotopic (exact) mass is 266 g/mol. The molecule has 11 heteroatoms. The third-order valence-corrected chi connectivity index (χ3v) is 3.40. The maximum atomic E-state index is 13.1. The molecule has 2 fully saturated rings. The standard InChI is InChI=1S/C4H4F2O7S2/c1-14(7)10-2(5)4(12-14)3(6)11-15(8,9)13-4/h2-3H,1H2. The Morgan fingerprint density at radius 3 is 1.93 bits per heavy atom. The molecule has 2 heterocycles. The summed E-state index contributed by atoms with van der Waals surface area (Å²) < 4.78 is 74.2. The van der Waals surface area contributed by atoms with E-state index in [1.54, 1.807) is 0 Å².